The Morgan fingerprint density at radius 1 is 1.16 bits per heavy atom. The number of piperazine rings is 1. The van der Waals surface area contributed by atoms with Crippen LogP contribution in [0.2, 0.25) is 5.02 Å². The molecular weight excluding hydrogens is 458 g/mol. The third-order valence-corrected chi connectivity index (χ3v) is 7.62. The Morgan fingerprint density at radius 3 is 2.34 bits per heavy atom. The number of amides is 2. The molecule has 1 atom stereocenters. The number of nitrogens with one attached hydrogen (secondary N) is 1. The van der Waals surface area contributed by atoms with E-state index in [-0.39, 0.29) is 29.0 Å². The highest BCUT2D eigenvalue weighted by molar-refractivity contribution is 7.88. The minimum Gasteiger partial charge on any atom is -0.495 e. The largest absolute Gasteiger partial charge is 0.495 e. The lowest BCUT2D eigenvalue weighted by Gasteiger charge is -2.47. The van der Waals surface area contributed by atoms with Crippen molar-refractivity contribution in [3.8, 4) is 11.5 Å². The molecule has 0 radical (unpaired) electrons. The molecule has 1 aromatic carbocycles. The Hall–Kier alpha value is -2.04. The summed E-state index contributed by atoms with van der Waals surface area (Å²) in [5.74, 6) is -0.338. The van der Waals surface area contributed by atoms with E-state index in [1.165, 1.54) is 31.3 Å². The zero-order valence-electron chi connectivity index (χ0n) is 18.8. The van der Waals surface area contributed by atoms with Gasteiger partial charge in [0.1, 0.15) is 17.0 Å². The van der Waals surface area contributed by atoms with E-state index in [1.54, 1.807) is 6.92 Å². The van der Waals surface area contributed by atoms with E-state index in [0.717, 1.165) is 42.7 Å². The van der Waals surface area contributed by atoms with Gasteiger partial charge < -0.3 is 14.8 Å². The zero-order chi connectivity index (χ0) is 23.7. The Morgan fingerprint density at radius 2 is 1.78 bits per heavy atom. The first kappa shape index (κ1) is 24.6. The first-order valence-electron chi connectivity index (χ1n) is 10.5. The molecule has 0 aromatic heterocycles. The maximum Gasteiger partial charge on any atom is 0.247 e. The second-order valence-electron chi connectivity index (χ2n) is 8.50. The highest BCUT2D eigenvalue weighted by Crippen LogP contribution is 2.42. The van der Waals surface area contributed by atoms with Crippen LogP contribution >= 0.6 is 11.6 Å². The normalized spacial score (nSPS) is 23.2. The summed E-state index contributed by atoms with van der Waals surface area (Å²) in [6, 6.07) is 3.02. The topological polar surface area (TPSA) is 105 Å². The summed E-state index contributed by atoms with van der Waals surface area (Å²) < 4.78 is 36.3. The van der Waals surface area contributed by atoms with Crippen LogP contribution in [0.3, 0.4) is 0 Å². The second kappa shape index (κ2) is 9.44. The molecule has 3 rings (SSSR count). The summed E-state index contributed by atoms with van der Waals surface area (Å²) in [5.41, 5.74) is -1.24. The maximum atomic E-state index is 13.6. The van der Waals surface area contributed by atoms with Crippen LogP contribution in [0.4, 0.5) is 5.69 Å². The van der Waals surface area contributed by atoms with E-state index in [4.69, 9.17) is 21.1 Å². The molecule has 1 aromatic rings. The average molecular weight is 488 g/mol. The van der Waals surface area contributed by atoms with Crippen molar-refractivity contribution in [1.82, 2.24) is 9.62 Å². The number of carbonyl (C=O) groups is 2. The van der Waals surface area contributed by atoms with Crippen molar-refractivity contribution in [3.05, 3.63) is 17.2 Å². The van der Waals surface area contributed by atoms with Gasteiger partial charge in [-0.2, -0.15) is 4.31 Å². The first-order chi connectivity index (χ1) is 15.0. The molecule has 2 aliphatic rings. The van der Waals surface area contributed by atoms with Crippen molar-refractivity contribution >= 4 is 39.1 Å². The zero-order valence-corrected chi connectivity index (χ0v) is 20.4. The predicted octanol–water partition coefficient (Wildman–Crippen LogP) is 2.17. The molecule has 1 aliphatic carbocycles. The number of ether oxygens (including phenoxy) is 2. The van der Waals surface area contributed by atoms with Gasteiger partial charge in [-0.25, -0.2) is 8.42 Å². The Balaban J connectivity index is 2.08. The Kier molecular flexibility index (Phi) is 7.26. The van der Waals surface area contributed by atoms with E-state index in [2.05, 4.69) is 5.32 Å². The highest BCUT2D eigenvalue weighted by Gasteiger charge is 2.51. The lowest BCUT2D eigenvalue weighted by atomic mass is 9.91. The number of nitrogens with zero attached hydrogens (tertiary/aromatic N) is 2. The molecular formula is C21H30ClN3O6S. The molecule has 9 nitrogen and oxygen atoms in total. The van der Waals surface area contributed by atoms with Crippen LogP contribution in [-0.4, -0.2) is 69.7 Å². The molecule has 1 heterocycles. The molecule has 0 bridgehead atoms. The fourth-order valence-corrected chi connectivity index (χ4v) is 5.45. The van der Waals surface area contributed by atoms with Crippen LogP contribution < -0.4 is 19.7 Å². The number of rotatable bonds is 6. The fourth-order valence-electron chi connectivity index (χ4n) is 4.38. The molecule has 1 saturated carbocycles. The minimum absolute atomic E-state index is 0.0139. The van der Waals surface area contributed by atoms with Crippen LogP contribution in [0.1, 0.15) is 39.0 Å². The van der Waals surface area contributed by atoms with E-state index in [0.29, 0.717) is 5.75 Å². The molecule has 0 spiro atoms. The average Bonchev–Trinajstić information content (AvgIpc) is 2.73. The van der Waals surface area contributed by atoms with Gasteiger partial charge in [0, 0.05) is 18.7 Å². The van der Waals surface area contributed by atoms with E-state index in [1.807, 2.05) is 0 Å². The smallest absolute Gasteiger partial charge is 0.247 e. The number of benzene rings is 1. The summed E-state index contributed by atoms with van der Waals surface area (Å²) in [6.45, 7) is 0.985. The summed E-state index contributed by atoms with van der Waals surface area (Å²) in [6.07, 6.45) is 5.88. The third-order valence-electron chi connectivity index (χ3n) is 6.13. The van der Waals surface area contributed by atoms with Gasteiger partial charge >= 0.3 is 0 Å². The number of hydrogen-bond donors (Lipinski definition) is 1. The lowest BCUT2D eigenvalue weighted by molar-refractivity contribution is -0.133. The summed E-state index contributed by atoms with van der Waals surface area (Å²) in [5, 5.41) is 3.28. The summed E-state index contributed by atoms with van der Waals surface area (Å²) in [7, 11) is -0.818. The van der Waals surface area contributed by atoms with Crippen molar-refractivity contribution in [2.75, 3.05) is 38.5 Å². The fraction of sp³-hybridized carbons (Fsp3) is 0.619. The van der Waals surface area contributed by atoms with Crippen LogP contribution in [0.25, 0.3) is 0 Å². The van der Waals surface area contributed by atoms with Crippen molar-refractivity contribution in [2.24, 2.45) is 0 Å². The quantitative estimate of drug-likeness (QED) is 0.659. The van der Waals surface area contributed by atoms with Crippen molar-refractivity contribution in [3.63, 3.8) is 0 Å². The van der Waals surface area contributed by atoms with Crippen LogP contribution in [0.15, 0.2) is 12.1 Å². The van der Waals surface area contributed by atoms with Crippen LogP contribution in [0.5, 0.6) is 11.5 Å². The molecule has 1 aliphatic heterocycles. The minimum atomic E-state index is -3.71. The SMILES string of the molecule is COc1cc(OC)c(N2C(=O)CN(S(C)(=O)=O)CC2(C)C(=O)NC2CCCCC2)cc1Cl. The maximum absolute atomic E-state index is 13.6. The molecule has 1 saturated heterocycles. The lowest BCUT2D eigenvalue weighted by Crippen LogP contribution is -2.70. The number of carbonyl (C=O) groups excluding carboxylic acids is 2. The van der Waals surface area contributed by atoms with E-state index >= 15 is 0 Å². The van der Waals surface area contributed by atoms with Crippen molar-refractivity contribution in [2.45, 2.75) is 50.6 Å². The van der Waals surface area contributed by atoms with Crippen LogP contribution in [0, 0.1) is 0 Å². The highest BCUT2D eigenvalue weighted by atomic mass is 35.5. The molecule has 1 N–H and O–H groups in total. The van der Waals surface area contributed by atoms with Gasteiger partial charge in [0.05, 0.1) is 37.7 Å². The number of hydrogen-bond acceptors (Lipinski definition) is 6. The van der Waals surface area contributed by atoms with Crippen molar-refractivity contribution in [1.29, 1.82) is 0 Å². The van der Waals surface area contributed by atoms with Crippen LogP contribution in [-0.2, 0) is 19.6 Å². The Labute approximate surface area is 194 Å². The molecule has 1 unspecified atom stereocenters. The number of sulfonamides is 1. The molecule has 2 fully saturated rings. The third kappa shape index (κ3) is 4.82. The second-order valence-corrected chi connectivity index (χ2v) is 10.9. The number of methoxy groups -OCH3 is 2. The van der Waals surface area contributed by atoms with Gasteiger partial charge in [-0.05, 0) is 25.8 Å². The summed E-state index contributed by atoms with van der Waals surface area (Å²) in [4.78, 5) is 28.2. The monoisotopic (exact) mass is 487 g/mol. The van der Waals surface area contributed by atoms with Gasteiger partial charge in [0.2, 0.25) is 21.8 Å². The Bertz CT molecular complexity index is 995. The molecule has 178 valence electrons. The number of anilines is 1. The molecule has 32 heavy (non-hydrogen) atoms. The van der Waals surface area contributed by atoms with Gasteiger partial charge in [-0.1, -0.05) is 30.9 Å². The number of halogens is 1. The molecule has 2 amide bonds. The first-order valence-corrected chi connectivity index (χ1v) is 12.7. The van der Waals surface area contributed by atoms with E-state index in [9.17, 15) is 18.0 Å². The van der Waals surface area contributed by atoms with E-state index < -0.39 is 33.9 Å². The van der Waals surface area contributed by atoms with Gasteiger partial charge in [-0.3, -0.25) is 14.5 Å². The van der Waals surface area contributed by atoms with Gasteiger partial charge in [0.25, 0.3) is 0 Å². The van der Waals surface area contributed by atoms with Gasteiger partial charge in [0.15, 0.2) is 0 Å². The predicted molar refractivity (Wildman–Crippen MR) is 122 cm³/mol. The molecule has 11 heteroatoms. The van der Waals surface area contributed by atoms with Crippen molar-refractivity contribution < 1.29 is 27.5 Å². The summed E-state index contributed by atoms with van der Waals surface area (Å²) >= 11 is 6.33. The van der Waals surface area contributed by atoms with Gasteiger partial charge in [-0.15, -0.1) is 0 Å². The standard InChI is InChI=1S/C21H30ClN3O6S/c1-21(20(27)23-14-8-6-5-7-9-14)13-24(32(4,28)29)12-19(26)25(21)16-10-15(22)17(30-2)11-18(16)31-3/h10-11,14H,5-9,12-13H2,1-4H3,(H,23,27).